The molecule has 11 heavy (non-hydrogen) atoms. The lowest BCUT2D eigenvalue weighted by molar-refractivity contribution is 0.671. The Bertz CT molecular complexity index is 85.6. The Hall–Kier alpha value is 0.310. The van der Waals surface area contributed by atoms with E-state index in [4.69, 9.17) is 5.73 Å². The fraction of sp³-hybridized carbons (Fsp3) is 1.00. The molecule has 2 heteroatoms. The maximum atomic E-state index is 5.52. The highest BCUT2D eigenvalue weighted by Crippen LogP contribution is 2.17. The van der Waals surface area contributed by atoms with Gasteiger partial charge in [-0.1, -0.05) is 27.2 Å². The molecular weight excluding hydrogens is 154 g/mol. The van der Waals surface area contributed by atoms with Crippen molar-refractivity contribution in [1.82, 2.24) is 0 Å². The molecule has 0 aliphatic carbocycles. The van der Waals surface area contributed by atoms with Crippen LogP contribution in [0.2, 0.25) is 0 Å². The van der Waals surface area contributed by atoms with Crippen LogP contribution in [0.25, 0.3) is 0 Å². The van der Waals surface area contributed by atoms with Gasteiger partial charge in [0, 0.05) is 5.25 Å². The van der Waals surface area contributed by atoms with E-state index in [2.05, 4.69) is 32.5 Å². The molecule has 0 bridgehead atoms. The van der Waals surface area contributed by atoms with Crippen molar-refractivity contribution in [1.29, 1.82) is 0 Å². The SMILES string of the molecule is CCCC(C)SCC(C)CN. The third-order valence-electron chi connectivity index (χ3n) is 1.76. The highest BCUT2D eigenvalue weighted by molar-refractivity contribution is 7.99. The molecule has 1 nitrogen and oxygen atoms in total. The van der Waals surface area contributed by atoms with Gasteiger partial charge in [0.1, 0.15) is 0 Å². The minimum atomic E-state index is 0.680. The minimum Gasteiger partial charge on any atom is -0.330 e. The molecule has 0 aliphatic heterocycles. The molecule has 0 heterocycles. The Kier molecular flexibility index (Phi) is 7.18. The first-order valence-electron chi connectivity index (χ1n) is 4.52. The molecule has 0 rings (SSSR count). The first-order valence-corrected chi connectivity index (χ1v) is 5.57. The smallest absolute Gasteiger partial charge is 0.00187 e. The summed E-state index contributed by atoms with van der Waals surface area (Å²) in [6.45, 7) is 7.58. The molecule has 0 radical (unpaired) electrons. The van der Waals surface area contributed by atoms with Crippen molar-refractivity contribution in [3.8, 4) is 0 Å². The van der Waals surface area contributed by atoms with Gasteiger partial charge in [0.05, 0.1) is 0 Å². The Morgan fingerprint density at radius 3 is 2.45 bits per heavy atom. The van der Waals surface area contributed by atoms with E-state index in [0.717, 1.165) is 11.8 Å². The third kappa shape index (κ3) is 6.70. The maximum absolute atomic E-state index is 5.52. The second-order valence-electron chi connectivity index (χ2n) is 3.27. The van der Waals surface area contributed by atoms with Gasteiger partial charge < -0.3 is 5.73 Å². The van der Waals surface area contributed by atoms with Gasteiger partial charge in [-0.15, -0.1) is 0 Å². The highest BCUT2D eigenvalue weighted by Gasteiger charge is 2.04. The lowest BCUT2D eigenvalue weighted by atomic mass is 10.2. The van der Waals surface area contributed by atoms with Gasteiger partial charge in [-0.2, -0.15) is 11.8 Å². The van der Waals surface area contributed by atoms with Gasteiger partial charge in [-0.25, -0.2) is 0 Å². The maximum Gasteiger partial charge on any atom is 0.00187 e. The fourth-order valence-corrected chi connectivity index (χ4v) is 2.08. The standard InChI is InChI=1S/C9H21NS/c1-4-5-9(3)11-7-8(2)6-10/h8-9H,4-7,10H2,1-3H3. The average molecular weight is 175 g/mol. The quantitative estimate of drug-likeness (QED) is 0.671. The van der Waals surface area contributed by atoms with E-state index in [1.807, 2.05) is 0 Å². The molecule has 2 atom stereocenters. The molecule has 0 aromatic heterocycles. The molecule has 0 aromatic carbocycles. The minimum absolute atomic E-state index is 0.680. The molecule has 68 valence electrons. The van der Waals surface area contributed by atoms with Gasteiger partial charge in [0.25, 0.3) is 0 Å². The summed E-state index contributed by atoms with van der Waals surface area (Å²) in [5, 5.41) is 0.814. The largest absolute Gasteiger partial charge is 0.330 e. The van der Waals surface area contributed by atoms with Gasteiger partial charge in [-0.3, -0.25) is 0 Å². The van der Waals surface area contributed by atoms with Gasteiger partial charge in [0.15, 0.2) is 0 Å². The topological polar surface area (TPSA) is 26.0 Å². The summed E-state index contributed by atoms with van der Waals surface area (Å²) < 4.78 is 0. The number of hydrogen-bond acceptors (Lipinski definition) is 2. The molecule has 0 aromatic rings. The number of rotatable bonds is 6. The van der Waals surface area contributed by atoms with E-state index in [1.165, 1.54) is 18.6 Å². The molecule has 0 amide bonds. The zero-order valence-electron chi connectivity index (χ0n) is 7.97. The van der Waals surface area contributed by atoms with Crippen molar-refractivity contribution in [3.05, 3.63) is 0 Å². The average Bonchev–Trinajstić information content (AvgIpc) is 2.01. The molecule has 2 unspecified atom stereocenters. The number of thioether (sulfide) groups is 1. The summed E-state index contributed by atoms with van der Waals surface area (Å²) in [4.78, 5) is 0. The van der Waals surface area contributed by atoms with Gasteiger partial charge >= 0.3 is 0 Å². The van der Waals surface area contributed by atoms with E-state index >= 15 is 0 Å². The third-order valence-corrected chi connectivity index (χ3v) is 3.33. The summed E-state index contributed by atoms with van der Waals surface area (Å²) in [5.41, 5.74) is 5.52. The van der Waals surface area contributed by atoms with Crippen molar-refractivity contribution in [2.24, 2.45) is 11.7 Å². The normalized spacial score (nSPS) is 16.4. The lowest BCUT2D eigenvalue weighted by Crippen LogP contribution is -2.14. The second kappa shape index (κ2) is 6.99. The molecule has 0 saturated carbocycles. The summed E-state index contributed by atoms with van der Waals surface area (Å²) in [6.07, 6.45) is 2.63. The van der Waals surface area contributed by atoms with Crippen molar-refractivity contribution in [2.75, 3.05) is 12.3 Å². The first-order chi connectivity index (χ1) is 5.20. The van der Waals surface area contributed by atoms with Crippen molar-refractivity contribution in [2.45, 2.75) is 38.9 Å². The molecule has 0 aliphatic rings. The summed E-state index contributed by atoms with van der Waals surface area (Å²) in [5.74, 6) is 1.90. The molecular formula is C9H21NS. The van der Waals surface area contributed by atoms with Crippen molar-refractivity contribution >= 4 is 11.8 Å². The first kappa shape index (κ1) is 11.3. The van der Waals surface area contributed by atoms with Gasteiger partial charge in [-0.05, 0) is 24.6 Å². The van der Waals surface area contributed by atoms with Crippen LogP contribution >= 0.6 is 11.8 Å². The van der Waals surface area contributed by atoms with E-state index < -0.39 is 0 Å². The van der Waals surface area contributed by atoms with Crippen LogP contribution in [0, 0.1) is 5.92 Å². The van der Waals surface area contributed by atoms with Crippen LogP contribution < -0.4 is 5.73 Å². The molecule has 0 fully saturated rings. The summed E-state index contributed by atoms with van der Waals surface area (Å²) in [7, 11) is 0. The molecule has 2 N–H and O–H groups in total. The lowest BCUT2D eigenvalue weighted by Gasteiger charge is -2.12. The van der Waals surface area contributed by atoms with Crippen LogP contribution in [0.15, 0.2) is 0 Å². The Balaban J connectivity index is 3.22. The monoisotopic (exact) mass is 175 g/mol. The highest BCUT2D eigenvalue weighted by atomic mass is 32.2. The van der Waals surface area contributed by atoms with Crippen LogP contribution in [0.5, 0.6) is 0 Å². The number of hydrogen-bond donors (Lipinski definition) is 1. The van der Waals surface area contributed by atoms with Crippen molar-refractivity contribution in [3.63, 3.8) is 0 Å². The Labute approximate surface area is 75.1 Å². The van der Waals surface area contributed by atoms with Crippen LogP contribution in [-0.4, -0.2) is 17.5 Å². The summed E-state index contributed by atoms with van der Waals surface area (Å²) >= 11 is 2.05. The Morgan fingerprint density at radius 2 is 2.00 bits per heavy atom. The Morgan fingerprint density at radius 1 is 1.36 bits per heavy atom. The van der Waals surface area contributed by atoms with Crippen molar-refractivity contribution < 1.29 is 0 Å². The molecule has 0 saturated heterocycles. The van der Waals surface area contributed by atoms with E-state index in [9.17, 15) is 0 Å². The fourth-order valence-electron chi connectivity index (χ4n) is 0.886. The van der Waals surface area contributed by atoms with Gasteiger partial charge in [0.2, 0.25) is 0 Å². The number of nitrogens with two attached hydrogens (primary N) is 1. The van der Waals surface area contributed by atoms with Crippen LogP contribution in [0.3, 0.4) is 0 Å². The van der Waals surface area contributed by atoms with Crippen LogP contribution in [-0.2, 0) is 0 Å². The second-order valence-corrected chi connectivity index (χ2v) is 4.74. The zero-order valence-corrected chi connectivity index (χ0v) is 8.79. The van der Waals surface area contributed by atoms with E-state index in [0.29, 0.717) is 5.92 Å². The van der Waals surface area contributed by atoms with E-state index in [1.54, 1.807) is 0 Å². The van der Waals surface area contributed by atoms with E-state index in [-0.39, 0.29) is 0 Å². The zero-order chi connectivity index (χ0) is 8.69. The predicted octanol–water partition coefficient (Wildman–Crippen LogP) is 2.50. The van der Waals surface area contributed by atoms with Crippen LogP contribution in [0.4, 0.5) is 0 Å². The molecule has 0 spiro atoms. The predicted molar refractivity (Wildman–Crippen MR) is 55.0 cm³/mol. The van der Waals surface area contributed by atoms with Crippen LogP contribution in [0.1, 0.15) is 33.6 Å². The summed E-state index contributed by atoms with van der Waals surface area (Å²) in [6, 6.07) is 0.